The van der Waals surface area contributed by atoms with Crippen LogP contribution in [0.1, 0.15) is 0 Å². The Balaban J connectivity index is 3.07. The van der Waals surface area contributed by atoms with Crippen LogP contribution in [0.15, 0.2) is 29.2 Å². The number of sulfonamides is 1. The van der Waals surface area contributed by atoms with Gasteiger partial charge in [-0.3, -0.25) is 4.72 Å². The molecule has 0 aromatic heterocycles. The van der Waals surface area contributed by atoms with E-state index in [1.165, 1.54) is 12.1 Å². The van der Waals surface area contributed by atoms with Crippen LogP contribution < -0.4 is 4.72 Å². The zero-order chi connectivity index (χ0) is 11.5. The third-order valence-corrected chi connectivity index (χ3v) is 4.71. The molecule has 0 heterocycles. The Hall–Kier alpha value is -0.300. The molecule has 0 spiro atoms. The van der Waals surface area contributed by atoms with Crippen LogP contribution in [0.2, 0.25) is 5.02 Å². The highest BCUT2D eigenvalue weighted by Crippen LogP contribution is 2.20. The second-order valence-corrected chi connectivity index (χ2v) is 6.07. The Morgan fingerprint density at radius 3 is 2.60 bits per heavy atom. The minimum absolute atomic E-state index is 0.0306. The van der Waals surface area contributed by atoms with Crippen molar-refractivity contribution in [2.24, 2.45) is 0 Å². The number of hydrogen-bond acceptors (Lipinski definition) is 4. The summed E-state index contributed by atoms with van der Waals surface area (Å²) in [5.41, 5.74) is 0. The highest BCUT2D eigenvalue weighted by Gasteiger charge is 2.17. The summed E-state index contributed by atoms with van der Waals surface area (Å²) in [5.74, 6) is 0. The number of benzene rings is 1. The van der Waals surface area contributed by atoms with E-state index in [9.17, 15) is 8.42 Å². The zero-order valence-electron chi connectivity index (χ0n) is 7.73. The number of nitrogens with one attached hydrogen (secondary N) is 1. The largest absolute Gasteiger partial charge is 0.264 e. The monoisotopic (exact) mass is 281 g/mol. The van der Waals surface area contributed by atoms with E-state index in [2.05, 4.69) is 4.72 Å². The summed E-state index contributed by atoms with van der Waals surface area (Å²) in [6.45, 7) is 0. The van der Waals surface area contributed by atoms with E-state index in [1.54, 1.807) is 18.4 Å². The summed E-state index contributed by atoms with van der Waals surface area (Å²) in [5, 5.41) is 0.175. The van der Waals surface area contributed by atoms with Crippen LogP contribution in [0.25, 0.3) is 0 Å². The second-order valence-electron chi connectivity index (χ2n) is 2.53. The topological polar surface area (TPSA) is 46.2 Å². The summed E-state index contributed by atoms with van der Waals surface area (Å²) in [7, 11) is -3.65. The third kappa shape index (κ3) is 3.34. The van der Waals surface area contributed by atoms with Crippen LogP contribution in [0, 0.1) is 0 Å². The van der Waals surface area contributed by atoms with Crippen LogP contribution in [0.4, 0.5) is 0 Å². The van der Waals surface area contributed by atoms with Gasteiger partial charge in [0.2, 0.25) is 0 Å². The van der Waals surface area contributed by atoms with Crippen LogP contribution in [0.3, 0.4) is 0 Å². The summed E-state index contributed by atoms with van der Waals surface area (Å²) in [4.78, 5) is 0.0306. The van der Waals surface area contributed by atoms with Crippen LogP contribution in [0.5, 0.6) is 0 Å². The Bertz CT molecular complexity index is 473. The summed E-state index contributed by atoms with van der Waals surface area (Å²) in [6.07, 6.45) is 1.69. The zero-order valence-corrected chi connectivity index (χ0v) is 10.9. The average molecular weight is 282 g/mol. The van der Waals surface area contributed by atoms with Gasteiger partial charge in [0, 0.05) is 0 Å². The fourth-order valence-corrected chi connectivity index (χ4v) is 3.21. The smallest absolute Gasteiger partial charge is 0.264 e. The van der Waals surface area contributed by atoms with Gasteiger partial charge < -0.3 is 0 Å². The maximum Gasteiger partial charge on any atom is 0.264 e. The lowest BCUT2D eigenvalue weighted by atomic mass is 10.4. The van der Waals surface area contributed by atoms with Gasteiger partial charge in [0.1, 0.15) is 9.22 Å². The molecule has 0 aliphatic rings. The number of thioether (sulfide) groups is 1. The van der Waals surface area contributed by atoms with E-state index >= 15 is 0 Å². The summed E-state index contributed by atoms with van der Waals surface area (Å²) in [6, 6.07) is 6.20. The molecular weight excluding hydrogens is 274 g/mol. The van der Waals surface area contributed by atoms with E-state index in [-0.39, 0.29) is 14.2 Å². The Kier molecular flexibility index (Phi) is 4.39. The first-order chi connectivity index (χ1) is 6.97. The number of thiocarbonyl (C=S) groups is 1. The number of rotatable bonds is 2. The lowest BCUT2D eigenvalue weighted by molar-refractivity contribution is 0.593. The molecule has 0 saturated heterocycles. The maximum absolute atomic E-state index is 11.7. The molecule has 1 aromatic carbocycles. The van der Waals surface area contributed by atoms with E-state index in [4.69, 9.17) is 23.8 Å². The van der Waals surface area contributed by atoms with Gasteiger partial charge >= 0.3 is 0 Å². The van der Waals surface area contributed by atoms with Crippen LogP contribution in [-0.4, -0.2) is 19.0 Å². The molecule has 1 rings (SSSR count). The number of halogens is 1. The van der Waals surface area contributed by atoms with E-state index < -0.39 is 10.0 Å². The van der Waals surface area contributed by atoms with E-state index in [1.807, 2.05) is 0 Å². The number of hydrogen-bond donors (Lipinski definition) is 1. The summed E-state index contributed by atoms with van der Waals surface area (Å²) >= 11 is 11.7. The van der Waals surface area contributed by atoms with Crippen molar-refractivity contribution in [3.63, 3.8) is 0 Å². The molecule has 0 aliphatic heterocycles. The van der Waals surface area contributed by atoms with Crippen LogP contribution in [-0.2, 0) is 10.0 Å². The van der Waals surface area contributed by atoms with Gasteiger partial charge in [-0.1, -0.05) is 47.7 Å². The Morgan fingerprint density at radius 1 is 1.47 bits per heavy atom. The first-order valence-corrected chi connectivity index (χ1v) is 7.32. The van der Waals surface area contributed by atoms with Crippen molar-refractivity contribution in [1.29, 1.82) is 0 Å². The average Bonchev–Trinajstić information content (AvgIpc) is 2.17. The molecule has 0 unspecified atom stereocenters. The molecule has 0 bridgehead atoms. The van der Waals surface area contributed by atoms with Crippen molar-refractivity contribution in [2.45, 2.75) is 4.90 Å². The highest BCUT2D eigenvalue weighted by molar-refractivity contribution is 8.23. The Labute approximate surface area is 103 Å². The van der Waals surface area contributed by atoms with Gasteiger partial charge in [-0.2, -0.15) is 0 Å². The minimum atomic E-state index is -3.65. The van der Waals surface area contributed by atoms with Gasteiger partial charge in [-0.15, -0.1) is 0 Å². The van der Waals surface area contributed by atoms with E-state index in [0.717, 1.165) is 11.8 Å². The van der Waals surface area contributed by atoms with Gasteiger partial charge in [0.15, 0.2) is 0 Å². The molecule has 1 aromatic rings. The Morgan fingerprint density at radius 2 is 2.07 bits per heavy atom. The molecular formula is C8H8ClNO2S3. The van der Waals surface area contributed by atoms with Crippen LogP contribution >= 0.6 is 35.6 Å². The lowest BCUT2D eigenvalue weighted by Crippen LogP contribution is -2.27. The van der Waals surface area contributed by atoms with Crippen molar-refractivity contribution in [2.75, 3.05) is 6.26 Å². The van der Waals surface area contributed by atoms with Crippen molar-refractivity contribution in [1.82, 2.24) is 4.72 Å². The molecule has 1 N–H and O–H groups in total. The van der Waals surface area contributed by atoms with Crippen molar-refractivity contribution in [3.8, 4) is 0 Å². The van der Waals surface area contributed by atoms with Crippen molar-refractivity contribution in [3.05, 3.63) is 29.3 Å². The van der Waals surface area contributed by atoms with Gasteiger partial charge in [-0.05, 0) is 18.4 Å². The fraction of sp³-hybridized carbons (Fsp3) is 0.125. The molecule has 15 heavy (non-hydrogen) atoms. The fourth-order valence-electron chi connectivity index (χ4n) is 0.869. The first kappa shape index (κ1) is 12.8. The second kappa shape index (κ2) is 5.16. The molecule has 0 aliphatic carbocycles. The minimum Gasteiger partial charge on any atom is -0.264 e. The highest BCUT2D eigenvalue weighted by atomic mass is 35.5. The third-order valence-electron chi connectivity index (χ3n) is 1.53. The first-order valence-electron chi connectivity index (χ1n) is 3.82. The molecule has 0 amide bonds. The lowest BCUT2D eigenvalue weighted by Gasteiger charge is -2.08. The molecule has 7 heteroatoms. The standard InChI is InChI=1S/C8H8ClNO2S3/c1-14-8(13)10-15(11,12)7-5-3-2-4-6(7)9/h2-5H,1H3,(H,10,13). The summed E-state index contributed by atoms with van der Waals surface area (Å²) < 4.78 is 25.9. The molecule has 0 fully saturated rings. The normalized spacial score (nSPS) is 11.1. The van der Waals surface area contributed by atoms with E-state index in [0.29, 0.717) is 0 Å². The predicted octanol–water partition coefficient (Wildman–Crippen LogP) is 2.27. The van der Waals surface area contributed by atoms with Crippen molar-refractivity contribution >= 4 is 49.9 Å². The van der Waals surface area contributed by atoms with Gasteiger partial charge in [0.25, 0.3) is 10.0 Å². The molecule has 82 valence electrons. The quantitative estimate of drug-likeness (QED) is 0.845. The SMILES string of the molecule is CSC(=S)NS(=O)(=O)c1ccccc1Cl. The predicted molar refractivity (Wildman–Crippen MR) is 67.9 cm³/mol. The van der Waals surface area contributed by atoms with Gasteiger partial charge in [-0.25, -0.2) is 8.42 Å². The molecule has 0 radical (unpaired) electrons. The molecule has 0 atom stereocenters. The van der Waals surface area contributed by atoms with Crippen molar-refractivity contribution < 1.29 is 8.42 Å². The van der Waals surface area contributed by atoms with Gasteiger partial charge in [0.05, 0.1) is 5.02 Å². The maximum atomic E-state index is 11.7. The molecule has 0 saturated carbocycles. The molecule has 3 nitrogen and oxygen atoms in total.